The summed E-state index contributed by atoms with van der Waals surface area (Å²) in [7, 11) is 5.11. The quantitative estimate of drug-likeness (QED) is 0.860. The molecule has 0 spiro atoms. The van der Waals surface area contributed by atoms with Crippen molar-refractivity contribution in [1.82, 2.24) is 20.3 Å². The number of ether oxygens (including phenoxy) is 1. The van der Waals surface area contributed by atoms with Gasteiger partial charge in [-0.05, 0) is 11.6 Å². The number of aromatic nitrogens is 3. The van der Waals surface area contributed by atoms with E-state index in [1.165, 1.54) is 7.11 Å². The van der Waals surface area contributed by atoms with E-state index < -0.39 is 0 Å². The molecule has 0 aliphatic heterocycles. The SMILES string of the molecule is COc1nc(CNC(=O)Cc2ccccc2Cl)nc(N(C)C)n1. The van der Waals surface area contributed by atoms with Gasteiger partial charge in [-0.2, -0.15) is 15.0 Å². The summed E-state index contributed by atoms with van der Waals surface area (Å²) < 4.78 is 5.04. The van der Waals surface area contributed by atoms with Crippen molar-refractivity contribution in [3.63, 3.8) is 0 Å². The molecular weight excluding hydrogens is 318 g/mol. The fraction of sp³-hybridized carbons (Fsp3) is 0.333. The first kappa shape index (κ1) is 17.0. The summed E-state index contributed by atoms with van der Waals surface area (Å²) in [5.74, 6) is 0.726. The fourth-order valence-electron chi connectivity index (χ4n) is 1.81. The van der Waals surface area contributed by atoms with Gasteiger partial charge in [-0.25, -0.2) is 0 Å². The molecule has 1 aromatic carbocycles. The minimum absolute atomic E-state index is 0.163. The number of benzene rings is 1. The van der Waals surface area contributed by atoms with Crippen LogP contribution in [0.2, 0.25) is 5.02 Å². The monoisotopic (exact) mass is 335 g/mol. The molecule has 0 fully saturated rings. The van der Waals surface area contributed by atoms with E-state index in [9.17, 15) is 4.79 Å². The molecule has 2 rings (SSSR count). The second kappa shape index (κ2) is 7.73. The highest BCUT2D eigenvalue weighted by Crippen LogP contribution is 2.15. The molecule has 0 aliphatic carbocycles. The van der Waals surface area contributed by atoms with Gasteiger partial charge in [-0.1, -0.05) is 29.8 Å². The number of carbonyl (C=O) groups excluding carboxylic acids is 1. The molecule has 0 aliphatic rings. The van der Waals surface area contributed by atoms with Gasteiger partial charge in [0.25, 0.3) is 0 Å². The lowest BCUT2D eigenvalue weighted by Gasteiger charge is -2.12. The number of carbonyl (C=O) groups is 1. The van der Waals surface area contributed by atoms with Gasteiger partial charge in [0.2, 0.25) is 11.9 Å². The highest BCUT2D eigenvalue weighted by atomic mass is 35.5. The van der Waals surface area contributed by atoms with Gasteiger partial charge < -0.3 is 15.0 Å². The summed E-state index contributed by atoms with van der Waals surface area (Å²) in [6.07, 6.45) is 0.197. The first-order valence-corrected chi connectivity index (χ1v) is 7.33. The van der Waals surface area contributed by atoms with Crippen molar-refractivity contribution in [2.24, 2.45) is 0 Å². The third-order valence-corrected chi connectivity index (χ3v) is 3.35. The van der Waals surface area contributed by atoms with Gasteiger partial charge in [0, 0.05) is 19.1 Å². The molecule has 8 heteroatoms. The molecule has 2 aromatic rings. The maximum atomic E-state index is 12.0. The lowest BCUT2D eigenvalue weighted by atomic mass is 10.1. The Morgan fingerprint density at radius 1 is 1.26 bits per heavy atom. The van der Waals surface area contributed by atoms with E-state index in [4.69, 9.17) is 16.3 Å². The van der Waals surface area contributed by atoms with E-state index in [0.717, 1.165) is 5.56 Å². The number of nitrogens with zero attached hydrogens (tertiary/aromatic N) is 4. The molecular formula is C15H18ClN5O2. The standard InChI is InChI=1S/C15H18ClN5O2/c1-21(2)14-18-12(19-15(20-14)23-3)9-17-13(22)8-10-6-4-5-7-11(10)16/h4-7H,8-9H2,1-3H3,(H,17,22). The molecule has 1 heterocycles. The van der Waals surface area contributed by atoms with Crippen LogP contribution in [0, 0.1) is 0 Å². The number of methoxy groups -OCH3 is 1. The zero-order valence-corrected chi connectivity index (χ0v) is 14.0. The number of hydrogen-bond acceptors (Lipinski definition) is 6. The van der Waals surface area contributed by atoms with Gasteiger partial charge in [0.05, 0.1) is 20.1 Å². The van der Waals surface area contributed by atoms with Crippen molar-refractivity contribution in [3.8, 4) is 6.01 Å². The minimum atomic E-state index is -0.163. The van der Waals surface area contributed by atoms with Crippen LogP contribution in [0.4, 0.5) is 5.95 Å². The summed E-state index contributed by atoms with van der Waals surface area (Å²) >= 11 is 6.05. The zero-order valence-electron chi connectivity index (χ0n) is 13.2. The lowest BCUT2D eigenvalue weighted by Crippen LogP contribution is -2.26. The Hall–Kier alpha value is -2.41. The zero-order chi connectivity index (χ0) is 16.8. The molecule has 0 saturated heterocycles. The van der Waals surface area contributed by atoms with Crippen LogP contribution in [0.3, 0.4) is 0 Å². The van der Waals surface area contributed by atoms with Crippen molar-refractivity contribution in [2.45, 2.75) is 13.0 Å². The van der Waals surface area contributed by atoms with Crippen molar-refractivity contribution >= 4 is 23.5 Å². The average Bonchev–Trinajstić information content (AvgIpc) is 2.54. The molecule has 0 unspecified atom stereocenters. The average molecular weight is 336 g/mol. The topological polar surface area (TPSA) is 80.2 Å². The van der Waals surface area contributed by atoms with E-state index in [-0.39, 0.29) is 24.9 Å². The Balaban J connectivity index is 2.01. The van der Waals surface area contributed by atoms with Crippen molar-refractivity contribution in [3.05, 3.63) is 40.7 Å². The van der Waals surface area contributed by atoms with E-state index in [1.54, 1.807) is 11.0 Å². The smallest absolute Gasteiger partial charge is 0.321 e. The Kier molecular flexibility index (Phi) is 5.70. The summed E-state index contributed by atoms with van der Waals surface area (Å²) in [6, 6.07) is 7.44. The predicted molar refractivity (Wildman–Crippen MR) is 87.7 cm³/mol. The second-order valence-corrected chi connectivity index (χ2v) is 5.38. The number of anilines is 1. The normalized spacial score (nSPS) is 10.3. The number of nitrogens with one attached hydrogen (secondary N) is 1. The molecule has 0 radical (unpaired) electrons. The van der Waals surface area contributed by atoms with Crippen LogP contribution < -0.4 is 15.0 Å². The summed E-state index contributed by atoms with van der Waals surface area (Å²) in [5.41, 5.74) is 0.772. The van der Waals surface area contributed by atoms with Crippen molar-refractivity contribution < 1.29 is 9.53 Å². The fourth-order valence-corrected chi connectivity index (χ4v) is 2.01. The highest BCUT2D eigenvalue weighted by Gasteiger charge is 2.11. The first-order chi connectivity index (χ1) is 11.0. The third kappa shape index (κ3) is 4.79. The van der Waals surface area contributed by atoms with Gasteiger partial charge in [0.15, 0.2) is 5.82 Å². The summed E-state index contributed by atoms with van der Waals surface area (Å²) in [6.45, 7) is 0.184. The molecule has 0 atom stereocenters. The Bertz CT molecular complexity index is 693. The van der Waals surface area contributed by atoms with Gasteiger partial charge in [0.1, 0.15) is 0 Å². The number of hydrogen-bond donors (Lipinski definition) is 1. The van der Waals surface area contributed by atoms with Crippen LogP contribution in [-0.4, -0.2) is 42.1 Å². The number of rotatable bonds is 6. The van der Waals surface area contributed by atoms with Crippen LogP contribution in [0.15, 0.2) is 24.3 Å². The van der Waals surface area contributed by atoms with Crippen molar-refractivity contribution in [2.75, 3.05) is 26.1 Å². The van der Waals surface area contributed by atoms with Gasteiger partial charge >= 0.3 is 6.01 Å². The molecule has 122 valence electrons. The maximum absolute atomic E-state index is 12.0. The Morgan fingerprint density at radius 3 is 2.65 bits per heavy atom. The van der Waals surface area contributed by atoms with Crippen molar-refractivity contribution in [1.29, 1.82) is 0 Å². The van der Waals surface area contributed by atoms with Crippen LogP contribution in [-0.2, 0) is 17.8 Å². The molecule has 0 saturated carbocycles. The molecule has 7 nitrogen and oxygen atoms in total. The van der Waals surface area contributed by atoms with Crippen LogP contribution in [0.5, 0.6) is 6.01 Å². The van der Waals surface area contributed by atoms with Crippen LogP contribution in [0.25, 0.3) is 0 Å². The Morgan fingerprint density at radius 2 is 2.00 bits per heavy atom. The molecule has 1 aromatic heterocycles. The third-order valence-electron chi connectivity index (χ3n) is 2.98. The first-order valence-electron chi connectivity index (χ1n) is 6.96. The van der Waals surface area contributed by atoms with E-state index >= 15 is 0 Å². The van der Waals surface area contributed by atoms with Crippen LogP contribution >= 0.6 is 11.6 Å². The predicted octanol–water partition coefficient (Wildman–Crippen LogP) is 1.46. The van der Waals surface area contributed by atoms with Gasteiger partial charge in [-0.3, -0.25) is 4.79 Å². The van der Waals surface area contributed by atoms with Crippen LogP contribution in [0.1, 0.15) is 11.4 Å². The van der Waals surface area contributed by atoms with Gasteiger partial charge in [-0.15, -0.1) is 0 Å². The number of amides is 1. The van der Waals surface area contributed by atoms with E-state index in [1.807, 2.05) is 32.3 Å². The molecule has 23 heavy (non-hydrogen) atoms. The highest BCUT2D eigenvalue weighted by molar-refractivity contribution is 6.31. The van der Waals surface area contributed by atoms with E-state index in [2.05, 4.69) is 20.3 Å². The van der Waals surface area contributed by atoms with E-state index in [0.29, 0.717) is 16.8 Å². The second-order valence-electron chi connectivity index (χ2n) is 4.98. The largest absolute Gasteiger partial charge is 0.467 e. The molecule has 0 bridgehead atoms. The molecule has 1 amide bonds. The number of halogens is 1. The summed E-state index contributed by atoms with van der Waals surface area (Å²) in [5, 5.41) is 3.34. The Labute approximate surface area is 139 Å². The lowest BCUT2D eigenvalue weighted by molar-refractivity contribution is -0.120. The minimum Gasteiger partial charge on any atom is -0.467 e. The molecule has 1 N–H and O–H groups in total. The summed E-state index contributed by atoms with van der Waals surface area (Å²) in [4.78, 5) is 26.3. The maximum Gasteiger partial charge on any atom is 0.321 e.